The zero-order valence-electron chi connectivity index (χ0n) is 9.93. The summed E-state index contributed by atoms with van der Waals surface area (Å²) in [5.41, 5.74) is 7.57. The van der Waals surface area contributed by atoms with Gasteiger partial charge in [-0.2, -0.15) is 0 Å². The van der Waals surface area contributed by atoms with E-state index in [2.05, 4.69) is 10.3 Å². The molecule has 6 heteroatoms. The van der Waals surface area contributed by atoms with Gasteiger partial charge in [0.25, 0.3) is 0 Å². The first-order valence-electron chi connectivity index (χ1n) is 5.75. The van der Waals surface area contributed by atoms with Crippen LogP contribution in [0.5, 0.6) is 5.75 Å². The van der Waals surface area contributed by atoms with Gasteiger partial charge in [0.05, 0.1) is 23.5 Å². The van der Waals surface area contributed by atoms with E-state index in [1.165, 1.54) is 0 Å². The van der Waals surface area contributed by atoms with E-state index in [-0.39, 0.29) is 0 Å². The maximum Gasteiger partial charge on any atom is 0.169 e. The first-order valence-corrected chi connectivity index (χ1v) is 6.13. The van der Waals surface area contributed by atoms with E-state index < -0.39 is 0 Å². The SMILES string of the molecule is COc1ccc(Cl)c(-n2nnc(N)c2C2CC2)c1. The van der Waals surface area contributed by atoms with Crippen molar-refractivity contribution in [2.75, 3.05) is 12.8 Å². The van der Waals surface area contributed by atoms with Crippen molar-refractivity contribution >= 4 is 17.4 Å². The number of hydrogen-bond donors (Lipinski definition) is 1. The quantitative estimate of drug-likeness (QED) is 0.924. The Balaban J connectivity index is 2.14. The van der Waals surface area contributed by atoms with Gasteiger partial charge in [-0.1, -0.05) is 16.8 Å². The highest BCUT2D eigenvalue weighted by atomic mass is 35.5. The van der Waals surface area contributed by atoms with Crippen LogP contribution in [-0.4, -0.2) is 22.1 Å². The van der Waals surface area contributed by atoms with Gasteiger partial charge in [-0.3, -0.25) is 0 Å². The van der Waals surface area contributed by atoms with Crippen LogP contribution in [0.4, 0.5) is 5.82 Å². The first-order chi connectivity index (χ1) is 8.70. The van der Waals surface area contributed by atoms with Crippen molar-refractivity contribution in [3.05, 3.63) is 28.9 Å². The fourth-order valence-corrected chi connectivity index (χ4v) is 2.20. The Morgan fingerprint density at radius 1 is 1.44 bits per heavy atom. The Bertz CT molecular complexity index is 592. The lowest BCUT2D eigenvalue weighted by Crippen LogP contribution is -2.03. The molecule has 0 amide bonds. The highest BCUT2D eigenvalue weighted by molar-refractivity contribution is 6.32. The molecule has 1 aliphatic rings. The van der Waals surface area contributed by atoms with Gasteiger partial charge in [0.1, 0.15) is 5.75 Å². The number of rotatable bonds is 3. The van der Waals surface area contributed by atoms with Crippen LogP contribution in [-0.2, 0) is 0 Å². The molecule has 0 unspecified atom stereocenters. The van der Waals surface area contributed by atoms with Gasteiger partial charge in [-0.25, -0.2) is 4.68 Å². The molecule has 18 heavy (non-hydrogen) atoms. The largest absolute Gasteiger partial charge is 0.497 e. The molecule has 94 valence electrons. The minimum atomic E-state index is 0.447. The van der Waals surface area contributed by atoms with Crippen LogP contribution in [0.2, 0.25) is 5.02 Å². The van der Waals surface area contributed by atoms with Gasteiger partial charge in [0, 0.05) is 12.0 Å². The first kappa shape index (κ1) is 11.3. The average molecular weight is 265 g/mol. The Labute approximate surface area is 109 Å². The second-order valence-electron chi connectivity index (χ2n) is 4.36. The number of methoxy groups -OCH3 is 1. The number of anilines is 1. The van der Waals surface area contributed by atoms with Crippen LogP contribution < -0.4 is 10.5 Å². The second kappa shape index (κ2) is 4.17. The summed E-state index contributed by atoms with van der Waals surface area (Å²) >= 11 is 6.21. The summed E-state index contributed by atoms with van der Waals surface area (Å²) in [5, 5.41) is 8.63. The molecule has 0 atom stereocenters. The smallest absolute Gasteiger partial charge is 0.169 e. The highest BCUT2D eigenvalue weighted by Crippen LogP contribution is 2.43. The van der Waals surface area contributed by atoms with E-state index in [0.29, 0.717) is 16.8 Å². The summed E-state index contributed by atoms with van der Waals surface area (Å²) in [6.45, 7) is 0. The van der Waals surface area contributed by atoms with Gasteiger partial charge in [0.15, 0.2) is 5.82 Å². The Hall–Kier alpha value is -1.75. The molecule has 0 spiro atoms. The minimum absolute atomic E-state index is 0.447. The fraction of sp³-hybridized carbons (Fsp3) is 0.333. The molecule has 0 radical (unpaired) electrons. The topological polar surface area (TPSA) is 66.0 Å². The Kier molecular flexibility index (Phi) is 2.63. The van der Waals surface area contributed by atoms with Crippen LogP contribution in [0.15, 0.2) is 18.2 Å². The lowest BCUT2D eigenvalue weighted by molar-refractivity contribution is 0.414. The molecule has 0 saturated heterocycles. The van der Waals surface area contributed by atoms with E-state index in [4.69, 9.17) is 22.1 Å². The van der Waals surface area contributed by atoms with Crippen molar-refractivity contribution in [2.45, 2.75) is 18.8 Å². The summed E-state index contributed by atoms with van der Waals surface area (Å²) in [5.74, 6) is 1.66. The van der Waals surface area contributed by atoms with Gasteiger partial charge in [-0.05, 0) is 25.0 Å². The molecule has 2 aromatic rings. The van der Waals surface area contributed by atoms with E-state index >= 15 is 0 Å². The van der Waals surface area contributed by atoms with Crippen LogP contribution >= 0.6 is 11.6 Å². The van der Waals surface area contributed by atoms with Crippen molar-refractivity contribution in [1.82, 2.24) is 15.0 Å². The molecule has 1 fully saturated rings. The minimum Gasteiger partial charge on any atom is -0.497 e. The summed E-state index contributed by atoms with van der Waals surface area (Å²) in [7, 11) is 1.62. The molecule has 3 rings (SSSR count). The van der Waals surface area contributed by atoms with E-state index in [0.717, 1.165) is 30.0 Å². The Morgan fingerprint density at radius 2 is 2.22 bits per heavy atom. The Morgan fingerprint density at radius 3 is 2.89 bits per heavy atom. The van der Waals surface area contributed by atoms with Crippen molar-refractivity contribution < 1.29 is 4.74 Å². The number of halogens is 1. The predicted molar refractivity (Wildman–Crippen MR) is 69.3 cm³/mol. The summed E-state index contributed by atoms with van der Waals surface area (Å²) in [6.07, 6.45) is 2.25. The molecule has 0 aliphatic heterocycles. The maximum atomic E-state index is 6.21. The molecule has 1 saturated carbocycles. The number of nitrogens with zero attached hydrogens (tertiary/aromatic N) is 3. The summed E-state index contributed by atoms with van der Waals surface area (Å²) in [6, 6.07) is 5.43. The molecule has 0 bridgehead atoms. The van der Waals surface area contributed by atoms with Crippen LogP contribution in [0.1, 0.15) is 24.5 Å². The van der Waals surface area contributed by atoms with Gasteiger partial charge in [0.2, 0.25) is 0 Å². The molecule has 1 aliphatic carbocycles. The third-order valence-electron chi connectivity index (χ3n) is 3.08. The number of nitrogen functional groups attached to an aromatic ring is 1. The number of nitrogens with two attached hydrogens (primary N) is 1. The van der Waals surface area contributed by atoms with E-state index in [9.17, 15) is 0 Å². The van der Waals surface area contributed by atoms with E-state index in [1.807, 2.05) is 12.1 Å². The normalized spacial score (nSPS) is 14.8. The van der Waals surface area contributed by atoms with Gasteiger partial charge in [-0.15, -0.1) is 5.10 Å². The number of benzene rings is 1. The van der Waals surface area contributed by atoms with Crippen molar-refractivity contribution in [3.8, 4) is 11.4 Å². The van der Waals surface area contributed by atoms with Crippen LogP contribution in [0.3, 0.4) is 0 Å². The van der Waals surface area contributed by atoms with Crippen molar-refractivity contribution in [3.63, 3.8) is 0 Å². The van der Waals surface area contributed by atoms with Crippen molar-refractivity contribution in [2.24, 2.45) is 0 Å². The third-order valence-corrected chi connectivity index (χ3v) is 3.40. The average Bonchev–Trinajstić information content (AvgIpc) is 3.14. The van der Waals surface area contributed by atoms with Gasteiger partial charge < -0.3 is 10.5 Å². The zero-order valence-corrected chi connectivity index (χ0v) is 10.7. The monoisotopic (exact) mass is 264 g/mol. The maximum absolute atomic E-state index is 6.21. The zero-order chi connectivity index (χ0) is 12.7. The standard InChI is InChI=1S/C12H13ClN4O/c1-18-8-4-5-9(13)10(6-8)17-11(7-2-3-7)12(14)15-16-17/h4-7H,2-3,14H2,1H3. The molecule has 5 nitrogen and oxygen atoms in total. The fourth-order valence-electron chi connectivity index (χ4n) is 2.00. The van der Waals surface area contributed by atoms with Crippen LogP contribution in [0, 0.1) is 0 Å². The second-order valence-corrected chi connectivity index (χ2v) is 4.77. The molecular weight excluding hydrogens is 252 g/mol. The molecular formula is C12H13ClN4O. The molecule has 1 aromatic carbocycles. The molecule has 2 N–H and O–H groups in total. The van der Waals surface area contributed by atoms with E-state index in [1.54, 1.807) is 17.9 Å². The highest BCUT2D eigenvalue weighted by Gasteiger charge is 2.31. The molecule has 1 heterocycles. The number of ether oxygens (including phenoxy) is 1. The van der Waals surface area contributed by atoms with Crippen LogP contribution in [0.25, 0.3) is 5.69 Å². The number of hydrogen-bond acceptors (Lipinski definition) is 4. The number of aromatic nitrogens is 3. The lowest BCUT2D eigenvalue weighted by atomic mass is 10.2. The summed E-state index contributed by atoms with van der Waals surface area (Å²) < 4.78 is 6.92. The van der Waals surface area contributed by atoms with Crippen molar-refractivity contribution in [1.29, 1.82) is 0 Å². The summed E-state index contributed by atoms with van der Waals surface area (Å²) in [4.78, 5) is 0. The predicted octanol–water partition coefficient (Wildman–Crippen LogP) is 2.39. The third kappa shape index (κ3) is 1.80. The molecule has 1 aromatic heterocycles. The van der Waals surface area contributed by atoms with Gasteiger partial charge >= 0.3 is 0 Å². The lowest BCUT2D eigenvalue weighted by Gasteiger charge is -2.09.